The summed E-state index contributed by atoms with van der Waals surface area (Å²) in [6, 6.07) is 5.56. The molecule has 0 bridgehead atoms. The van der Waals surface area contributed by atoms with Gasteiger partial charge in [0.15, 0.2) is 0 Å². The van der Waals surface area contributed by atoms with Gasteiger partial charge in [0.25, 0.3) is 0 Å². The Hall–Kier alpha value is -0.810. The van der Waals surface area contributed by atoms with Gasteiger partial charge >= 0.3 is 0 Å². The lowest BCUT2D eigenvalue weighted by Gasteiger charge is -2.24. The molecule has 3 N–H and O–H groups in total. The molecule has 2 unspecified atom stereocenters. The van der Waals surface area contributed by atoms with Crippen LogP contribution in [0.2, 0.25) is 5.02 Å². The van der Waals surface area contributed by atoms with Gasteiger partial charge in [0.05, 0.1) is 19.8 Å². The van der Waals surface area contributed by atoms with Gasteiger partial charge < -0.3 is 9.47 Å². The number of rotatable bonds is 4. The van der Waals surface area contributed by atoms with E-state index in [1.807, 2.05) is 18.2 Å². The molecule has 1 aromatic rings. The zero-order valence-corrected chi connectivity index (χ0v) is 10.5. The van der Waals surface area contributed by atoms with Gasteiger partial charge in [-0.05, 0) is 24.6 Å². The van der Waals surface area contributed by atoms with Crippen molar-refractivity contribution >= 4 is 11.6 Å². The number of ether oxygens (including phenoxy) is 2. The van der Waals surface area contributed by atoms with Gasteiger partial charge in [-0.2, -0.15) is 0 Å². The number of methoxy groups -OCH3 is 1. The van der Waals surface area contributed by atoms with Crippen LogP contribution in [0.1, 0.15) is 18.0 Å². The van der Waals surface area contributed by atoms with Crippen molar-refractivity contribution in [3.05, 3.63) is 28.8 Å². The van der Waals surface area contributed by atoms with Gasteiger partial charge in [-0.15, -0.1) is 0 Å². The Morgan fingerprint density at radius 2 is 2.41 bits per heavy atom. The minimum absolute atomic E-state index is 0.00569. The van der Waals surface area contributed by atoms with Crippen molar-refractivity contribution in [2.75, 3.05) is 20.3 Å². The summed E-state index contributed by atoms with van der Waals surface area (Å²) in [4.78, 5) is 0. The maximum absolute atomic E-state index is 6.03. The van der Waals surface area contributed by atoms with Crippen LogP contribution in [-0.4, -0.2) is 20.3 Å². The lowest BCUT2D eigenvalue weighted by Crippen LogP contribution is -2.34. The lowest BCUT2D eigenvalue weighted by atomic mass is 9.92. The number of nitrogens with one attached hydrogen (secondary N) is 1. The lowest BCUT2D eigenvalue weighted by molar-refractivity contribution is 0.176. The number of hydrazine groups is 1. The van der Waals surface area contributed by atoms with Crippen molar-refractivity contribution in [2.45, 2.75) is 12.5 Å². The van der Waals surface area contributed by atoms with Gasteiger partial charge in [-0.3, -0.25) is 11.3 Å². The summed E-state index contributed by atoms with van der Waals surface area (Å²) in [6.07, 6.45) is 0.991. The molecule has 0 spiro atoms. The van der Waals surface area contributed by atoms with Crippen LogP contribution >= 0.6 is 11.6 Å². The minimum atomic E-state index is 0.00569. The van der Waals surface area contributed by atoms with Crippen molar-refractivity contribution < 1.29 is 9.47 Å². The van der Waals surface area contributed by atoms with Gasteiger partial charge in [0.1, 0.15) is 5.75 Å². The topological polar surface area (TPSA) is 56.5 Å². The molecule has 0 saturated carbocycles. The Bertz CT molecular complexity index is 381. The first kappa shape index (κ1) is 12.6. The highest BCUT2D eigenvalue weighted by molar-refractivity contribution is 6.30. The molecule has 5 heteroatoms. The molecule has 94 valence electrons. The van der Waals surface area contributed by atoms with Crippen LogP contribution in [0.25, 0.3) is 0 Å². The summed E-state index contributed by atoms with van der Waals surface area (Å²) >= 11 is 6.03. The molecule has 1 aliphatic heterocycles. The highest BCUT2D eigenvalue weighted by Crippen LogP contribution is 2.35. The second-order valence-electron chi connectivity index (χ2n) is 4.15. The van der Waals surface area contributed by atoms with Crippen LogP contribution in [0.5, 0.6) is 5.75 Å². The molecule has 1 fully saturated rings. The second kappa shape index (κ2) is 5.69. The number of hydrogen-bond acceptors (Lipinski definition) is 4. The highest BCUT2D eigenvalue weighted by Gasteiger charge is 2.28. The van der Waals surface area contributed by atoms with Crippen LogP contribution in [0, 0.1) is 5.92 Å². The van der Waals surface area contributed by atoms with Crippen molar-refractivity contribution in [1.29, 1.82) is 0 Å². The van der Waals surface area contributed by atoms with E-state index in [9.17, 15) is 0 Å². The quantitative estimate of drug-likeness (QED) is 0.638. The normalized spacial score (nSPS) is 21.5. The van der Waals surface area contributed by atoms with E-state index in [-0.39, 0.29) is 6.04 Å². The number of halogens is 1. The zero-order valence-electron chi connectivity index (χ0n) is 9.78. The SMILES string of the molecule is COc1ccc(Cl)cc1C(NN)C1CCOC1. The van der Waals surface area contributed by atoms with E-state index >= 15 is 0 Å². The molecule has 1 heterocycles. The number of nitrogens with two attached hydrogens (primary N) is 1. The molecular formula is C12H17ClN2O2. The minimum Gasteiger partial charge on any atom is -0.496 e. The molecule has 0 radical (unpaired) electrons. The average molecular weight is 257 g/mol. The summed E-state index contributed by atoms with van der Waals surface area (Å²) in [7, 11) is 1.64. The molecule has 4 nitrogen and oxygen atoms in total. The fourth-order valence-electron chi connectivity index (χ4n) is 2.24. The van der Waals surface area contributed by atoms with Crippen LogP contribution in [0.3, 0.4) is 0 Å². The van der Waals surface area contributed by atoms with Crippen molar-refractivity contribution in [3.8, 4) is 5.75 Å². The number of benzene rings is 1. The highest BCUT2D eigenvalue weighted by atomic mass is 35.5. The van der Waals surface area contributed by atoms with Gasteiger partial charge in [0.2, 0.25) is 0 Å². The molecule has 0 aromatic heterocycles. The smallest absolute Gasteiger partial charge is 0.123 e. The van der Waals surface area contributed by atoms with Crippen molar-refractivity contribution in [3.63, 3.8) is 0 Å². The first-order valence-corrected chi connectivity index (χ1v) is 6.01. The monoisotopic (exact) mass is 256 g/mol. The number of hydrogen-bond donors (Lipinski definition) is 2. The van der Waals surface area contributed by atoms with Gasteiger partial charge in [-0.25, -0.2) is 0 Å². The first-order chi connectivity index (χ1) is 8.26. The molecule has 0 aliphatic carbocycles. The molecular weight excluding hydrogens is 240 g/mol. The Morgan fingerprint density at radius 3 is 3.00 bits per heavy atom. The third kappa shape index (κ3) is 2.72. The van der Waals surface area contributed by atoms with Crippen LogP contribution in [0.15, 0.2) is 18.2 Å². The zero-order chi connectivity index (χ0) is 12.3. The van der Waals surface area contributed by atoms with Gasteiger partial charge in [-0.1, -0.05) is 11.6 Å². The Morgan fingerprint density at radius 1 is 1.59 bits per heavy atom. The predicted molar refractivity (Wildman–Crippen MR) is 67.0 cm³/mol. The van der Waals surface area contributed by atoms with E-state index in [0.717, 1.165) is 24.3 Å². The van der Waals surface area contributed by atoms with Gasteiger partial charge in [0, 0.05) is 23.1 Å². The summed E-state index contributed by atoms with van der Waals surface area (Å²) in [5, 5.41) is 0.681. The molecule has 2 atom stereocenters. The average Bonchev–Trinajstić information content (AvgIpc) is 2.84. The van der Waals surface area contributed by atoms with E-state index in [4.69, 9.17) is 26.9 Å². The van der Waals surface area contributed by atoms with Crippen LogP contribution in [0.4, 0.5) is 0 Å². The van der Waals surface area contributed by atoms with Crippen LogP contribution in [-0.2, 0) is 4.74 Å². The van der Waals surface area contributed by atoms with Crippen LogP contribution < -0.4 is 16.0 Å². The Kier molecular flexibility index (Phi) is 4.23. The molecule has 0 amide bonds. The van der Waals surface area contributed by atoms with E-state index in [1.165, 1.54) is 0 Å². The molecule has 1 aliphatic rings. The Labute approximate surface area is 106 Å². The van der Waals surface area contributed by atoms with Crippen molar-refractivity contribution in [2.24, 2.45) is 11.8 Å². The Balaban J connectivity index is 2.31. The predicted octanol–water partition coefficient (Wildman–Crippen LogP) is 1.89. The maximum Gasteiger partial charge on any atom is 0.123 e. The molecule has 2 rings (SSSR count). The van der Waals surface area contributed by atoms with E-state index in [0.29, 0.717) is 17.5 Å². The fourth-order valence-corrected chi connectivity index (χ4v) is 2.42. The summed E-state index contributed by atoms with van der Waals surface area (Å²) < 4.78 is 10.7. The van der Waals surface area contributed by atoms with Crippen molar-refractivity contribution in [1.82, 2.24) is 5.43 Å². The maximum atomic E-state index is 6.03. The van der Waals surface area contributed by atoms with E-state index in [2.05, 4.69) is 5.43 Å². The van der Waals surface area contributed by atoms with E-state index in [1.54, 1.807) is 7.11 Å². The summed E-state index contributed by atoms with van der Waals surface area (Å²) in [5.41, 5.74) is 3.83. The standard InChI is InChI=1S/C12H17ClN2O2/c1-16-11-3-2-9(13)6-10(11)12(15-14)8-4-5-17-7-8/h2-3,6,8,12,15H,4-5,7,14H2,1H3. The molecule has 1 aromatic carbocycles. The summed E-state index contributed by atoms with van der Waals surface area (Å²) in [6.45, 7) is 1.50. The summed E-state index contributed by atoms with van der Waals surface area (Å²) in [5.74, 6) is 6.80. The fraction of sp³-hybridized carbons (Fsp3) is 0.500. The molecule has 1 saturated heterocycles. The largest absolute Gasteiger partial charge is 0.496 e. The molecule has 17 heavy (non-hydrogen) atoms. The van der Waals surface area contributed by atoms with E-state index < -0.39 is 0 Å². The first-order valence-electron chi connectivity index (χ1n) is 5.63. The third-order valence-corrected chi connectivity index (χ3v) is 3.38. The third-order valence-electron chi connectivity index (χ3n) is 3.14. The second-order valence-corrected chi connectivity index (χ2v) is 4.59.